The Labute approximate surface area is 108 Å². The smallest absolute Gasteiger partial charge is 0.119 e. The number of methoxy groups -OCH3 is 1. The lowest BCUT2D eigenvalue weighted by atomic mass is 10.0. The van der Waals surface area contributed by atoms with Gasteiger partial charge < -0.3 is 10.1 Å². The molecule has 1 N–H and O–H groups in total. The van der Waals surface area contributed by atoms with Crippen molar-refractivity contribution in [2.45, 2.75) is 12.5 Å². The van der Waals surface area contributed by atoms with Crippen molar-refractivity contribution in [2.75, 3.05) is 14.2 Å². The van der Waals surface area contributed by atoms with E-state index in [0.717, 1.165) is 12.2 Å². The first-order valence-corrected chi connectivity index (χ1v) is 6.03. The maximum atomic E-state index is 5.24. The molecule has 0 aliphatic heterocycles. The summed E-state index contributed by atoms with van der Waals surface area (Å²) in [7, 11) is 3.66. The van der Waals surface area contributed by atoms with Crippen molar-refractivity contribution in [1.29, 1.82) is 0 Å². The third-order valence-electron chi connectivity index (χ3n) is 3.01. The maximum absolute atomic E-state index is 5.24. The molecule has 0 aliphatic rings. The van der Waals surface area contributed by atoms with Gasteiger partial charge in [-0.3, -0.25) is 4.98 Å². The summed E-state index contributed by atoms with van der Waals surface area (Å²) in [4.78, 5) is 4.16. The van der Waals surface area contributed by atoms with Crippen molar-refractivity contribution in [3.63, 3.8) is 0 Å². The van der Waals surface area contributed by atoms with Crippen LogP contribution in [0.25, 0.3) is 0 Å². The van der Waals surface area contributed by atoms with Gasteiger partial charge in [-0.2, -0.15) is 0 Å². The van der Waals surface area contributed by atoms with Crippen molar-refractivity contribution in [3.8, 4) is 5.75 Å². The predicted octanol–water partition coefficient (Wildman–Crippen LogP) is 2.59. The summed E-state index contributed by atoms with van der Waals surface area (Å²) in [5.74, 6) is 0.897. The summed E-state index contributed by atoms with van der Waals surface area (Å²) in [6, 6.07) is 12.5. The fourth-order valence-corrected chi connectivity index (χ4v) is 2.00. The van der Waals surface area contributed by atoms with Crippen molar-refractivity contribution < 1.29 is 4.74 Å². The zero-order valence-electron chi connectivity index (χ0n) is 10.8. The molecule has 0 spiro atoms. The number of aromatic nitrogens is 1. The number of pyridine rings is 1. The molecule has 3 heteroatoms. The van der Waals surface area contributed by atoms with Crippen LogP contribution in [-0.4, -0.2) is 19.1 Å². The van der Waals surface area contributed by atoms with Crippen molar-refractivity contribution in [2.24, 2.45) is 0 Å². The van der Waals surface area contributed by atoms with Gasteiger partial charge in [-0.1, -0.05) is 18.2 Å². The summed E-state index contributed by atoms with van der Waals surface area (Å²) >= 11 is 0. The molecule has 1 aromatic heterocycles. The average molecular weight is 242 g/mol. The number of rotatable bonds is 5. The SMILES string of the molecule is CNC(Cc1cccc(OC)c1)c1cccnc1. The lowest BCUT2D eigenvalue weighted by Crippen LogP contribution is -2.18. The minimum Gasteiger partial charge on any atom is -0.497 e. The number of nitrogens with zero attached hydrogens (tertiary/aromatic N) is 1. The van der Waals surface area contributed by atoms with E-state index in [0.29, 0.717) is 0 Å². The Morgan fingerprint density at radius 2 is 2.17 bits per heavy atom. The molecule has 1 unspecified atom stereocenters. The first kappa shape index (κ1) is 12.6. The van der Waals surface area contributed by atoms with Gasteiger partial charge in [0.25, 0.3) is 0 Å². The number of hydrogen-bond donors (Lipinski definition) is 1. The molecular formula is C15H18N2O. The highest BCUT2D eigenvalue weighted by atomic mass is 16.5. The fraction of sp³-hybridized carbons (Fsp3) is 0.267. The van der Waals surface area contributed by atoms with E-state index >= 15 is 0 Å². The van der Waals surface area contributed by atoms with Crippen LogP contribution in [0.3, 0.4) is 0 Å². The highest BCUT2D eigenvalue weighted by Gasteiger charge is 2.10. The first-order chi connectivity index (χ1) is 8.83. The fourth-order valence-electron chi connectivity index (χ4n) is 2.00. The van der Waals surface area contributed by atoms with Gasteiger partial charge in [-0.15, -0.1) is 0 Å². The summed E-state index contributed by atoms with van der Waals surface area (Å²) in [6.45, 7) is 0. The van der Waals surface area contributed by atoms with E-state index in [1.54, 1.807) is 13.3 Å². The zero-order valence-corrected chi connectivity index (χ0v) is 10.8. The van der Waals surface area contributed by atoms with Crippen molar-refractivity contribution in [1.82, 2.24) is 10.3 Å². The monoisotopic (exact) mass is 242 g/mol. The van der Waals surface area contributed by atoms with Gasteiger partial charge in [-0.05, 0) is 42.8 Å². The van der Waals surface area contributed by atoms with Crippen LogP contribution in [0.2, 0.25) is 0 Å². The molecule has 0 amide bonds. The zero-order chi connectivity index (χ0) is 12.8. The summed E-state index contributed by atoms with van der Waals surface area (Å²) in [6.07, 6.45) is 4.61. The van der Waals surface area contributed by atoms with E-state index in [4.69, 9.17) is 4.74 Å². The van der Waals surface area contributed by atoms with Crippen LogP contribution in [0.1, 0.15) is 17.2 Å². The molecular weight excluding hydrogens is 224 g/mol. The molecule has 0 saturated heterocycles. The largest absolute Gasteiger partial charge is 0.497 e. The second-order valence-corrected chi connectivity index (χ2v) is 4.18. The van der Waals surface area contributed by atoms with Gasteiger partial charge in [0, 0.05) is 18.4 Å². The van der Waals surface area contributed by atoms with Crippen LogP contribution in [0.15, 0.2) is 48.8 Å². The average Bonchev–Trinajstić information content (AvgIpc) is 2.46. The highest BCUT2D eigenvalue weighted by Crippen LogP contribution is 2.20. The standard InChI is InChI=1S/C15H18N2O/c1-16-15(13-6-4-8-17-11-13)10-12-5-3-7-14(9-12)18-2/h3-9,11,15-16H,10H2,1-2H3. The van der Waals surface area contributed by atoms with Crippen LogP contribution >= 0.6 is 0 Å². The molecule has 0 aliphatic carbocycles. The molecule has 0 saturated carbocycles. The van der Waals surface area contributed by atoms with Crippen LogP contribution < -0.4 is 10.1 Å². The van der Waals surface area contributed by atoms with Crippen molar-refractivity contribution >= 4 is 0 Å². The molecule has 2 rings (SSSR count). The number of hydrogen-bond acceptors (Lipinski definition) is 3. The lowest BCUT2D eigenvalue weighted by molar-refractivity contribution is 0.414. The Kier molecular flexibility index (Phi) is 4.31. The van der Waals surface area contributed by atoms with E-state index < -0.39 is 0 Å². The number of ether oxygens (including phenoxy) is 1. The van der Waals surface area contributed by atoms with Crippen LogP contribution in [0, 0.1) is 0 Å². The third kappa shape index (κ3) is 3.08. The van der Waals surface area contributed by atoms with Gasteiger partial charge in [-0.25, -0.2) is 0 Å². The third-order valence-corrected chi connectivity index (χ3v) is 3.01. The molecule has 0 radical (unpaired) electrons. The summed E-state index contributed by atoms with van der Waals surface area (Å²) in [5, 5.41) is 3.32. The van der Waals surface area contributed by atoms with Gasteiger partial charge in [0.15, 0.2) is 0 Å². The van der Waals surface area contributed by atoms with E-state index in [1.165, 1.54) is 11.1 Å². The van der Waals surface area contributed by atoms with E-state index in [9.17, 15) is 0 Å². The molecule has 0 bridgehead atoms. The Morgan fingerprint density at radius 3 is 2.83 bits per heavy atom. The Balaban J connectivity index is 2.15. The Morgan fingerprint density at radius 1 is 1.28 bits per heavy atom. The molecule has 0 fully saturated rings. The number of benzene rings is 1. The lowest BCUT2D eigenvalue weighted by Gasteiger charge is -2.16. The summed E-state index contributed by atoms with van der Waals surface area (Å²) in [5.41, 5.74) is 2.44. The highest BCUT2D eigenvalue weighted by molar-refractivity contribution is 5.30. The van der Waals surface area contributed by atoms with E-state index in [-0.39, 0.29) is 6.04 Å². The number of likely N-dealkylation sites (N-methyl/N-ethyl adjacent to an activating group) is 1. The van der Waals surface area contributed by atoms with Gasteiger partial charge in [0.2, 0.25) is 0 Å². The van der Waals surface area contributed by atoms with Crippen LogP contribution in [0.4, 0.5) is 0 Å². The van der Waals surface area contributed by atoms with Crippen molar-refractivity contribution in [3.05, 3.63) is 59.9 Å². The molecule has 2 aromatic rings. The first-order valence-electron chi connectivity index (χ1n) is 6.03. The quantitative estimate of drug-likeness (QED) is 0.875. The minimum absolute atomic E-state index is 0.269. The van der Waals surface area contributed by atoms with Gasteiger partial charge >= 0.3 is 0 Å². The molecule has 94 valence electrons. The van der Waals surface area contributed by atoms with E-state index in [2.05, 4.69) is 28.5 Å². The Hall–Kier alpha value is -1.87. The topological polar surface area (TPSA) is 34.1 Å². The maximum Gasteiger partial charge on any atom is 0.119 e. The normalized spacial score (nSPS) is 12.1. The molecule has 18 heavy (non-hydrogen) atoms. The van der Waals surface area contributed by atoms with Gasteiger partial charge in [0.1, 0.15) is 5.75 Å². The van der Waals surface area contributed by atoms with Crippen LogP contribution in [-0.2, 0) is 6.42 Å². The minimum atomic E-state index is 0.269. The predicted molar refractivity (Wildman–Crippen MR) is 72.7 cm³/mol. The Bertz CT molecular complexity index is 485. The summed E-state index contributed by atoms with van der Waals surface area (Å²) < 4.78 is 5.24. The molecule has 1 heterocycles. The van der Waals surface area contributed by atoms with Gasteiger partial charge in [0.05, 0.1) is 7.11 Å². The molecule has 1 aromatic carbocycles. The number of nitrogens with one attached hydrogen (secondary N) is 1. The second kappa shape index (κ2) is 6.17. The molecule has 3 nitrogen and oxygen atoms in total. The molecule has 1 atom stereocenters. The van der Waals surface area contributed by atoms with Crippen LogP contribution in [0.5, 0.6) is 5.75 Å². The van der Waals surface area contributed by atoms with E-state index in [1.807, 2.05) is 31.4 Å². The second-order valence-electron chi connectivity index (χ2n) is 4.18.